The molecule has 0 aliphatic carbocycles. The largest absolute Gasteiger partial charge is 0.497 e. The van der Waals surface area contributed by atoms with Crippen molar-refractivity contribution in [2.45, 2.75) is 20.8 Å². The van der Waals surface area contributed by atoms with Crippen LogP contribution in [0, 0.1) is 6.92 Å². The van der Waals surface area contributed by atoms with Crippen LogP contribution in [0.15, 0.2) is 61.2 Å². The van der Waals surface area contributed by atoms with Gasteiger partial charge in [0.25, 0.3) is 0 Å². The van der Waals surface area contributed by atoms with E-state index in [9.17, 15) is 4.79 Å². The second-order valence-electron chi connectivity index (χ2n) is 6.83. The number of ether oxygens (including phenoxy) is 1. The summed E-state index contributed by atoms with van der Waals surface area (Å²) in [5.74, 6) is 0.849. The smallest absolute Gasteiger partial charge is 0.160 e. The van der Waals surface area contributed by atoms with E-state index in [0.29, 0.717) is 5.56 Å². The molecule has 2 aromatic carbocycles. The molecule has 0 unspecified atom stereocenters. The highest BCUT2D eigenvalue weighted by atomic mass is 16.5. The Morgan fingerprint density at radius 3 is 2.03 bits per heavy atom. The molecule has 1 heterocycles. The molecule has 0 saturated heterocycles. The molecule has 0 amide bonds. The zero-order valence-corrected chi connectivity index (χ0v) is 17.3. The predicted octanol–water partition coefficient (Wildman–Crippen LogP) is 6.61. The number of rotatable bonds is 6. The van der Waals surface area contributed by atoms with Gasteiger partial charge in [-0.1, -0.05) is 55.1 Å². The van der Waals surface area contributed by atoms with Crippen LogP contribution in [0.1, 0.15) is 41.0 Å². The summed E-state index contributed by atoms with van der Waals surface area (Å²) in [6, 6.07) is 16.2. The van der Waals surface area contributed by atoms with Gasteiger partial charge in [0.05, 0.1) is 18.5 Å². The topological polar surface area (TPSA) is 39.2 Å². The standard InChI is InChI=1S/C26H25NO2/c1-6-8-24-23(7-2)25(18(4)28)17(3)26(27-24)21-11-9-19(10-12-21)20-13-15-22(29-5)16-14-20/h6-16H,2H2,1,3-5H3/b8-6-. The van der Waals surface area contributed by atoms with Crippen molar-refractivity contribution in [1.82, 2.24) is 4.98 Å². The van der Waals surface area contributed by atoms with Crippen molar-refractivity contribution in [1.29, 1.82) is 0 Å². The molecule has 0 aliphatic rings. The molecule has 1 aromatic heterocycles. The van der Waals surface area contributed by atoms with Gasteiger partial charge in [0.2, 0.25) is 0 Å². The van der Waals surface area contributed by atoms with Crippen molar-refractivity contribution in [2.24, 2.45) is 0 Å². The number of Topliss-reactive ketones (excluding diaryl/α,β-unsaturated/α-hetero) is 1. The van der Waals surface area contributed by atoms with Gasteiger partial charge in [-0.05, 0) is 55.7 Å². The second-order valence-corrected chi connectivity index (χ2v) is 6.83. The summed E-state index contributed by atoms with van der Waals surface area (Å²) in [6.07, 6.45) is 5.55. The zero-order valence-electron chi connectivity index (χ0n) is 17.3. The number of hydrogen-bond acceptors (Lipinski definition) is 3. The number of carbonyl (C=O) groups excluding carboxylic acids is 1. The second kappa shape index (κ2) is 8.70. The fourth-order valence-corrected chi connectivity index (χ4v) is 3.54. The molecule has 3 nitrogen and oxygen atoms in total. The number of ketones is 1. The third kappa shape index (κ3) is 4.04. The molecule has 0 atom stereocenters. The van der Waals surface area contributed by atoms with E-state index >= 15 is 0 Å². The van der Waals surface area contributed by atoms with Gasteiger partial charge in [0, 0.05) is 16.7 Å². The van der Waals surface area contributed by atoms with Crippen LogP contribution < -0.4 is 4.74 Å². The lowest BCUT2D eigenvalue weighted by Crippen LogP contribution is -2.07. The first-order valence-corrected chi connectivity index (χ1v) is 9.55. The van der Waals surface area contributed by atoms with Crippen LogP contribution in [-0.4, -0.2) is 17.9 Å². The average Bonchev–Trinajstić information content (AvgIpc) is 2.74. The van der Waals surface area contributed by atoms with Crippen LogP contribution in [0.3, 0.4) is 0 Å². The summed E-state index contributed by atoms with van der Waals surface area (Å²) in [4.78, 5) is 17.2. The van der Waals surface area contributed by atoms with Crippen LogP contribution in [0.5, 0.6) is 5.75 Å². The van der Waals surface area contributed by atoms with Crippen molar-refractivity contribution < 1.29 is 9.53 Å². The minimum atomic E-state index is 0.0154. The summed E-state index contributed by atoms with van der Waals surface area (Å²) in [5.41, 5.74) is 7.11. The van der Waals surface area contributed by atoms with Crippen molar-refractivity contribution in [3.63, 3.8) is 0 Å². The van der Waals surface area contributed by atoms with E-state index in [4.69, 9.17) is 9.72 Å². The number of pyridine rings is 1. The molecule has 3 rings (SSSR count). The van der Waals surface area contributed by atoms with Gasteiger partial charge in [-0.25, -0.2) is 4.98 Å². The summed E-state index contributed by atoms with van der Waals surface area (Å²) >= 11 is 0. The van der Waals surface area contributed by atoms with Gasteiger partial charge in [-0.2, -0.15) is 0 Å². The number of methoxy groups -OCH3 is 1. The molecule has 0 spiro atoms. The monoisotopic (exact) mass is 383 g/mol. The average molecular weight is 383 g/mol. The lowest BCUT2D eigenvalue weighted by molar-refractivity contribution is 0.101. The Balaban J connectivity index is 2.10. The Kier molecular flexibility index (Phi) is 6.08. The van der Waals surface area contributed by atoms with E-state index in [0.717, 1.165) is 45.0 Å². The van der Waals surface area contributed by atoms with Crippen molar-refractivity contribution in [3.05, 3.63) is 83.6 Å². The molecule has 0 saturated carbocycles. The Morgan fingerprint density at radius 1 is 1.00 bits per heavy atom. The lowest BCUT2D eigenvalue weighted by Gasteiger charge is -2.15. The van der Waals surface area contributed by atoms with E-state index in [2.05, 4.69) is 18.7 Å². The van der Waals surface area contributed by atoms with Crippen LogP contribution in [0.2, 0.25) is 0 Å². The zero-order chi connectivity index (χ0) is 21.0. The molecule has 3 aromatic rings. The van der Waals surface area contributed by atoms with Crippen molar-refractivity contribution in [3.8, 4) is 28.1 Å². The first kappa shape index (κ1) is 20.3. The van der Waals surface area contributed by atoms with Gasteiger partial charge in [-0.3, -0.25) is 4.79 Å². The fraction of sp³-hybridized carbons (Fsp3) is 0.154. The van der Waals surface area contributed by atoms with Crippen LogP contribution in [-0.2, 0) is 0 Å². The first-order chi connectivity index (χ1) is 14.0. The molecule has 0 aliphatic heterocycles. The quantitative estimate of drug-likeness (QED) is 0.450. The molecule has 0 radical (unpaired) electrons. The third-order valence-corrected chi connectivity index (χ3v) is 4.97. The van der Waals surface area contributed by atoms with Crippen molar-refractivity contribution in [2.75, 3.05) is 7.11 Å². The van der Waals surface area contributed by atoms with E-state index < -0.39 is 0 Å². The van der Waals surface area contributed by atoms with Gasteiger partial charge in [0.1, 0.15) is 5.75 Å². The fourth-order valence-electron chi connectivity index (χ4n) is 3.54. The highest BCUT2D eigenvalue weighted by Crippen LogP contribution is 2.31. The Hall–Kier alpha value is -3.46. The van der Waals surface area contributed by atoms with E-state index in [1.807, 2.05) is 62.4 Å². The summed E-state index contributed by atoms with van der Waals surface area (Å²) < 4.78 is 5.23. The highest BCUT2D eigenvalue weighted by molar-refractivity contribution is 6.01. The lowest BCUT2D eigenvalue weighted by atomic mass is 9.93. The molecule has 29 heavy (non-hydrogen) atoms. The van der Waals surface area contributed by atoms with Crippen molar-refractivity contribution >= 4 is 17.9 Å². The maximum absolute atomic E-state index is 12.4. The number of hydrogen-bond donors (Lipinski definition) is 0. The molecule has 3 heteroatoms. The van der Waals surface area contributed by atoms with Gasteiger partial charge >= 0.3 is 0 Å². The SMILES string of the molecule is C=Cc1c(/C=C\C)nc(-c2ccc(-c3ccc(OC)cc3)cc2)c(C)c1C(C)=O. The van der Waals surface area contributed by atoms with E-state index in [1.54, 1.807) is 20.1 Å². The normalized spacial score (nSPS) is 10.9. The number of nitrogens with zero attached hydrogens (tertiary/aromatic N) is 1. The number of carbonyl (C=O) groups is 1. The number of benzene rings is 2. The summed E-state index contributed by atoms with van der Waals surface area (Å²) in [6.45, 7) is 9.35. The van der Waals surface area contributed by atoms with E-state index in [1.165, 1.54) is 0 Å². The molecular weight excluding hydrogens is 358 g/mol. The van der Waals surface area contributed by atoms with Gasteiger partial charge in [0.15, 0.2) is 5.78 Å². The highest BCUT2D eigenvalue weighted by Gasteiger charge is 2.18. The first-order valence-electron chi connectivity index (χ1n) is 9.55. The third-order valence-electron chi connectivity index (χ3n) is 4.97. The Morgan fingerprint density at radius 2 is 1.55 bits per heavy atom. The molecule has 146 valence electrons. The molecule has 0 N–H and O–H groups in total. The Bertz CT molecular complexity index is 1080. The molecule has 0 bridgehead atoms. The summed E-state index contributed by atoms with van der Waals surface area (Å²) in [7, 11) is 1.66. The van der Waals surface area contributed by atoms with Crippen LogP contribution in [0.25, 0.3) is 34.5 Å². The minimum Gasteiger partial charge on any atom is -0.497 e. The maximum Gasteiger partial charge on any atom is 0.160 e. The molecular formula is C26H25NO2. The van der Waals surface area contributed by atoms with Crippen LogP contribution >= 0.6 is 0 Å². The minimum absolute atomic E-state index is 0.0154. The van der Waals surface area contributed by atoms with Gasteiger partial charge < -0.3 is 4.74 Å². The molecule has 0 fully saturated rings. The predicted molar refractivity (Wildman–Crippen MR) is 121 cm³/mol. The Labute approximate surface area is 172 Å². The number of allylic oxidation sites excluding steroid dienone is 1. The maximum atomic E-state index is 12.4. The number of aromatic nitrogens is 1. The van der Waals surface area contributed by atoms with Gasteiger partial charge in [-0.15, -0.1) is 0 Å². The summed E-state index contributed by atoms with van der Waals surface area (Å²) in [5, 5.41) is 0. The van der Waals surface area contributed by atoms with E-state index in [-0.39, 0.29) is 5.78 Å². The van der Waals surface area contributed by atoms with Crippen LogP contribution in [0.4, 0.5) is 0 Å².